The fourth-order valence-electron chi connectivity index (χ4n) is 9.89. The molecule has 1 N–H and O–H groups in total. The number of hydrogen-bond acceptors (Lipinski definition) is 9. The zero-order chi connectivity index (χ0) is 35.9. The smallest absolute Gasteiger partial charge is 0.345 e. The van der Waals surface area contributed by atoms with Gasteiger partial charge >= 0.3 is 11.6 Å². The second-order valence-corrected chi connectivity index (χ2v) is 15.5. The monoisotopic (exact) mass is 695 g/mol. The Hall–Kier alpha value is -4.38. The van der Waals surface area contributed by atoms with Crippen LogP contribution in [0.15, 0.2) is 82.3 Å². The van der Waals surface area contributed by atoms with Crippen LogP contribution in [0.1, 0.15) is 85.0 Å². The zero-order valence-electron chi connectivity index (χ0n) is 29.4. The quantitative estimate of drug-likeness (QED) is 0.218. The number of nitrogens with zero attached hydrogens (tertiary/aromatic N) is 1. The molecule has 1 saturated heterocycles. The van der Waals surface area contributed by atoms with Gasteiger partial charge in [0.15, 0.2) is 6.29 Å². The van der Waals surface area contributed by atoms with E-state index >= 15 is 0 Å². The molecule has 2 aliphatic carbocycles. The molecule has 2 aliphatic heterocycles. The summed E-state index contributed by atoms with van der Waals surface area (Å²) in [6.07, 6.45) is 2.04. The first-order valence-electron chi connectivity index (χ1n) is 17.6. The number of rotatable bonds is 4. The van der Waals surface area contributed by atoms with Gasteiger partial charge in [-0.2, -0.15) is 0 Å². The Kier molecular flexibility index (Phi) is 8.01. The number of aryl methyl sites for hydroxylation is 2. The predicted octanol–water partition coefficient (Wildman–Crippen LogP) is 7.42. The highest BCUT2D eigenvalue weighted by atomic mass is 19.1. The van der Waals surface area contributed by atoms with Crippen LogP contribution in [0.4, 0.5) is 4.39 Å². The van der Waals surface area contributed by atoms with Gasteiger partial charge in [0, 0.05) is 40.9 Å². The molecule has 0 spiro atoms. The van der Waals surface area contributed by atoms with Gasteiger partial charge in [-0.15, -0.1) is 0 Å². The Balaban J connectivity index is 1.20. The Morgan fingerprint density at radius 2 is 1.82 bits per heavy atom. The van der Waals surface area contributed by atoms with Crippen LogP contribution in [-0.2, 0) is 14.2 Å². The molecule has 266 valence electrons. The maximum atomic E-state index is 13.8. The van der Waals surface area contributed by atoms with E-state index in [9.17, 15) is 19.1 Å². The van der Waals surface area contributed by atoms with E-state index in [1.807, 2.05) is 6.92 Å². The molecule has 51 heavy (non-hydrogen) atoms. The summed E-state index contributed by atoms with van der Waals surface area (Å²) in [6, 6.07) is 16.5. The summed E-state index contributed by atoms with van der Waals surface area (Å²) in [7, 11) is 0. The number of aliphatic hydroxyl groups excluding tert-OH is 1. The third-order valence-corrected chi connectivity index (χ3v) is 12.4. The highest BCUT2D eigenvalue weighted by molar-refractivity contribution is 5.89. The number of halogens is 1. The van der Waals surface area contributed by atoms with Crippen LogP contribution in [0.5, 0.6) is 5.75 Å². The summed E-state index contributed by atoms with van der Waals surface area (Å²) >= 11 is 0. The summed E-state index contributed by atoms with van der Waals surface area (Å²) in [5.41, 5.74) is 0.919. The molecule has 0 bridgehead atoms. The summed E-state index contributed by atoms with van der Waals surface area (Å²) in [5.74, 6) is -1.58. The molecule has 2 aromatic heterocycles. The Morgan fingerprint density at radius 3 is 2.55 bits per heavy atom. The van der Waals surface area contributed by atoms with E-state index in [-0.39, 0.29) is 34.7 Å². The lowest BCUT2D eigenvalue weighted by Gasteiger charge is -2.67. The minimum Gasteiger partial charge on any atom is -0.482 e. The molecule has 9 nitrogen and oxygen atoms in total. The molecule has 10 heteroatoms. The molecular formula is C41H42FNO8. The Labute approximate surface area is 295 Å². The molecular weight excluding hydrogens is 653 g/mol. The number of hydrogen-bond donors (Lipinski definition) is 1. The number of pyridine rings is 1. The van der Waals surface area contributed by atoms with E-state index < -0.39 is 58.3 Å². The van der Waals surface area contributed by atoms with Gasteiger partial charge in [0.25, 0.3) is 0 Å². The minimum absolute atomic E-state index is 0.0360. The van der Waals surface area contributed by atoms with Crippen molar-refractivity contribution in [3.8, 4) is 17.1 Å². The normalized spacial score (nSPS) is 33.9. The van der Waals surface area contributed by atoms with Crippen LogP contribution in [0, 0.1) is 42.3 Å². The molecule has 0 amide bonds. The van der Waals surface area contributed by atoms with Gasteiger partial charge in [-0.3, -0.25) is 4.98 Å². The number of esters is 1. The maximum Gasteiger partial charge on any atom is 0.345 e. The number of fused-ring (bicyclic) bond motifs is 6. The lowest BCUT2D eigenvalue weighted by Crippen LogP contribution is -2.72. The van der Waals surface area contributed by atoms with Crippen molar-refractivity contribution >= 4 is 5.97 Å². The first kappa shape index (κ1) is 33.7. The average Bonchev–Trinajstić information content (AvgIpc) is 3.09. The van der Waals surface area contributed by atoms with E-state index in [0.717, 1.165) is 16.7 Å². The fraction of sp³-hybridized carbons (Fsp3) is 0.439. The van der Waals surface area contributed by atoms with E-state index in [2.05, 4.69) is 50.9 Å². The molecule has 4 aliphatic rings. The average molecular weight is 696 g/mol. The Bertz CT molecular complexity index is 2050. The van der Waals surface area contributed by atoms with Gasteiger partial charge in [-0.05, 0) is 93.3 Å². The van der Waals surface area contributed by atoms with Gasteiger partial charge in [0.2, 0.25) is 0 Å². The highest BCUT2D eigenvalue weighted by Crippen LogP contribution is 2.68. The first-order valence-corrected chi connectivity index (χ1v) is 17.6. The van der Waals surface area contributed by atoms with Crippen molar-refractivity contribution < 1.29 is 37.7 Å². The molecule has 9 atom stereocenters. The number of aliphatic hydroxyl groups is 1. The number of aromatic nitrogens is 1. The summed E-state index contributed by atoms with van der Waals surface area (Å²) in [5, 5.41) is 12.4. The largest absolute Gasteiger partial charge is 0.482 e. The van der Waals surface area contributed by atoms with Gasteiger partial charge in [0.05, 0.1) is 24.4 Å². The molecule has 4 aromatic rings. The van der Waals surface area contributed by atoms with Crippen LogP contribution in [0.25, 0.3) is 11.3 Å². The van der Waals surface area contributed by atoms with Crippen molar-refractivity contribution in [2.24, 2.45) is 22.7 Å². The number of carbonyl (C=O) groups excluding carboxylic acids is 1. The van der Waals surface area contributed by atoms with Crippen molar-refractivity contribution in [1.82, 2.24) is 4.98 Å². The van der Waals surface area contributed by atoms with Gasteiger partial charge in [-0.25, -0.2) is 14.0 Å². The standard InChI is InChI=1S/C41H42FNO8/c1-22-8-13-27(23(2)17-22)38-47-21-40(4)30-19-32(49-36(45)24-9-11-26(42)12-10-24)41(5)35(39(30,3)15-14-31(40)50-38)34(44)33-29(51-41)18-28(48-37(33)46)25-7-6-16-43-20-25/h6-13,16-18,20,30-32,34-35,38,44H,14-15,19,21H2,1-5H3/t30?,31-,32-,34-,35?,38+,39-,40-,41+/m0/s1. The van der Waals surface area contributed by atoms with Gasteiger partial charge in [-0.1, -0.05) is 37.6 Å². The molecule has 3 fully saturated rings. The molecule has 4 heterocycles. The lowest BCUT2D eigenvalue weighted by atomic mass is 9.42. The molecule has 8 rings (SSSR count). The third kappa shape index (κ3) is 5.33. The first-order chi connectivity index (χ1) is 24.3. The molecule has 2 unspecified atom stereocenters. The van der Waals surface area contributed by atoms with E-state index in [0.29, 0.717) is 31.4 Å². The van der Waals surface area contributed by atoms with Crippen LogP contribution in [0.3, 0.4) is 0 Å². The number of ether oxygens (including phenoxy) is 4. The van der Waals surface area contributed by atoms with Crippen molar-refractivity contribution in [2.75, 3.05) is 6.61 Å². The van der Waals surface area contributed by atoms with Crippen molar-refractivity contribution in [3.05, 3.63) is 117 Å². The fourth-order valence-corrected chi connectivity index (χ4v) is 9.89. The van der Waals surface area contributed by atoms with Crippen molar-refractivity contribution in [1.29, 1.82) is 0 Å². The van der Waals surface area contributed by atoms with Crippen LogP contribution in [-0.4, -0.2) is 40.5 Å². The second-order valence-electron chi connectivity index (χ2n) is 15.5. The summed E-state index contributed by atoms with van der Waals surface area (Å²) in [6.45, 7) is 10.6. The maximum absolute atomic E-state index is 13.8. The number of carbonyl (C=O) groups is 1. The van der Waals surface area contributed by atoms with Crippen molar-refractivity contribution in [2.45, 2.75) is 84.1 Å². The minimum atomic E-state index is -1.30. The SMILES string of the molecule is Cc1ccc([C@@H]2OC[C@@]3(C)C4C[C@H](OC(=O)c5ccc(F)cc5)[C@@]5(C)Oc6cc(-c7cccnc7)oc(=O)c6[C@H](O)C5[C@@]4(C)CC[C@@H]3O2)c(C)c1. The van der Waals surface area contributed by atoms with Crippen LogP contribution in [0.2, 0.25) is 0 Å². The number of benzene rings is 2. The molecule has 2 aromatic carbocycles. The molecule has 0 radical (unpaired) electrons. The van der Waals surface area contributed by atoms with E-state index in [1.165, 1.54) is 24.3 Å². The third-order valence-electron chi connectivity index (χ3n) is 12.4. The van der Waals surface area contributed by atoms with Crippen LogP contribution < -0.4 is 10.4 Å². The molecule has 2 saturated carbocycles. The van der Waals surface area contributed by atoms with Gasteiger partial charge in [0.1, 0.15) is 34.6 Å². The van der Waals surface area contributed by atoms with Crippen LogP contribution >= 0.6 is 0 Å². The van der Waals surface area contributed by atoms with Gasteiger partial charge < -0.3 is 28.5 Å². The zero-order valence-corrected chi connectivity index (χ0v) is 29.4. The van der Waals surface area contributed by atoms with E-state index in [4.69, 9.17) is 23.4 Å². The lowest BCUT2D eigenvalue weighted by molar-refractivity contribution is -0.330. The van der Waals surface area contributed by atoms with E-state index in [1.54, 1.807) is 30.6 Å². The highest BCUT2D eigenvalue weighted by Gasteiger charge is 2.71. The topological polar surface area (TPSA) is 117 Å². The summed E-state index contributed by atoms with van der Waals surface area (Å²) < 4.78 is 46.1. The van der Waals surface area contributed by atoms with Crippen molar-refractivity contribution in [3.63, 3.8) is 0 Å². The second kappa shape index (κ2) is 12.1. The predicted molar refractivity (Wildman–Crippen MR) is 184 cm³/mol. The summed E-state index contributed by atoms with van der Waals surface area (Å²) in [4.78, 5) is 31.6. The Morgan fingerprint density at radius 1 is 1.04 bits per heavy atom.